The third-order valence-corrected chi connectivity index (χ3v) is 6.36. The van der Waals surface area contributed by atoms with E-state index in [1.807, 2.05) is 25.1 Å². The second-order valence-electron chi connectivity index (χ2n) is 8.08. The van der Waals surface area contributed by atoms with Crippen LogP contribution in [-0.2, 0) is 23.0 Å². The van der Waals surface area contributed by atoms with Crippen molar-refractivity contribution in [2.75, 3.05) is 6.54 Å². The number of aryl methyl sites for hydroxylation is 1. The zero-order valence-corrected chi connectivity index (χ0v) is 17.1. The Balaban J connectivity index is 1.90. The molecule has 2 aromatic rings. The minimum atomic E-state index is -3.69. The van der Waals surface area contributed by atoms with Crippen LogP contribution in [0, 0.1) is 6.92 Å². The van der Waals surface area contributed by atoms with Crippen molar-refractivity contribution >= 4 is 15.9 Å². The second kappa shape index (κ2) is 7.09. The fraction of sp³-hybridized carbons (Fsp3) is 0.381. The van der Waals surface area contributed by atoms with Crippen molar-refractivity contribution < 1.29 is 13.2 Å². The first-order chi connectivity index (χ1) is 12.6. The number of fused-ring (bicyclic) bond motifs is 1. The van der Waals surface area contributed by atoms with E-state index in [0.29, 0.717) is 18.7 Å². The fourth-order valence-electron chi connectivity index (χ4n) is 3.30. The summed E-state index contributed by atoms with van der Waals surface area (Å²) in [5.41, 5.74) is 3.03. The SMILES string of the molecule is Cc1ccc(S(=O)(=O)NC(C)(C)C)cc1C(=O)N1CCc2ccccc2C1. The molecular formula is C21H26N2O3S. The Labute approximate surface area is 161 Å². The number of sulfonamides is 1. The largest absolute Gasteiger partial charge is 0.334 e. The smallest absolute Gasteiger partial charge is 0.254 e. The topological polar surface area (TPSA) is 66.5 Å². The predicted molar refractivity (Wildman–Crippen MR) is 106 cm³/mol. The number of amides is 1. The van der Waals surface area contributed by atoms with Crippen LogP contribution in [0.4, 0.5) is 0 Å². The molecule has 5 nitrogen and oxygen atoms in total. The van der Waals surface area contributed by atoms with E-state index in [9.17, 15) is 13.2 Å². The van der Waals surface area contributed by atoms with Gasteiger partial charge in [-0.25, -0.2) is 13.1 Å². The summed E-state index contributed by atoms with van der Waals surface area (Å²) < 4.78 is 27.9. The molecule has 0 aliphatic carbocycles. The lowest BCUT2D eigenvalue weighted by atomic mass is 9.98. The van der Waals surface area contributed by atoms with Crippen LogP contribution in [0.3, 0.4) is 0 Å². The van der Waals surface area contributed by atoms with E-state index >= 15 is 0 Å². The van der Waals surface area contributed by atoms with Crippen molar-refractivity contribution in [2.45, 2.75) is 51.1 Å². The highest BCUT2D eigenvalue weighted by Gasteiger charge is 2.26. The summed E-state index contributed by atoms with van der Waals surface area (Å²) in [6.45, 7) is 8.37. The number of nitrogens with zero attached hydrogens (tertiary/aromatic N) is 1. The van der Waals surface area contributed by atoms with Crippen LogP contribution in [0.25, 0.3) is 0 Å². The van der Waals surface area contributed by atoms with Crippen molar-refractivity contribution in [3.05, 3.63) is 64.7 Å². The third kappa shape index (κ3) is 4.39. The van der Waals surface area contributed by atoms with Gasteiger partial charge in [-0.05, 0) is 62.9 Å². The molecule has 1 aliphatic heterocycles. The van der Waals surface area contributed by atoms with Gasteiger partial charge in [0.25, 0.3) is 5.91 Å². The standard InChI is InChI=1S/C21H26N2O3S/c1-15-9-10-18(27(25,26)22-21(2,3)4)13-19(15)20(24)23-12-11-16-7-5-6-8-17(16)14-23/h5-10,13,22H,11-12,14H2,1-4H3. The molecule has 0 saturated heterocycles. The molecule has 0 saturated carbocycles. The number of carbonyl (C=O) groups is 1. The lowest BCUT2D eigenvalue weighted by Gasteiger charge is -2.29. The Morgan fingerprint density at radius 3 is 2.41 bits per heavy atom. The van der Waals surface area contributed by atoms with Crippen molar-refractivity contribution in [3.63, 3.8) is 0 Å². The minimum absolute atomic E-state index is 0.115. The highest BCUT2D eigenvalue weighted by atomic mass is 32.2. The highest BCUT2D eigenvalue weighted by Crippen LogP contribution is 2.23. The van der Waals surface area contributed by atoms with Gasteiger partial charge in [-0.2, -0.15) is 0 Å². The summed E-state index contributed by atoms with van der Waals surface area (Å²) in [5, 5.41) is 0. The monoisotopic (exact) mass is 386 g/mol. The first kappa shape index (κ1) is 19.6. The van der Waals surface area contributed by atoms with Gasteiger partial charge in [0.05, 0.1) is 4.90 Å². The second-order valence-corrected chi connectivity index (χ2v) is 9.76. The maximum atomic E-state index is 13.1. The summed E-state index contributed by atoms with van der Waals surface area (Å²) >= 11 is 0. The minimum Gasteiger partial charge on any atom is -0.334 e. The molecule has 3 rings (SSSR count). The summed E-state index contributed by atoms with van der Waals surface area (Å²) in [5.74, 6) is -0.130. The van der Waals surface area contributed by atoms with Gasteiger partial charge in [-0.1, -0.05) is 30.3 Å². The number of nitrogens with one attached hydrogen (secondary N) is 1. The Hall–Kier alpha value is -2.18. The summed E-state index contributed by atoms with van der Waals surface area (Å²) in [6, 6.07) is 12.9. The molecule has 27 heavy (non-hydrogen) atoms. The van der Waals surface area contributed by atoms with Crippen molar-refractivity contribution in [1.82, 2.24) is 9.62 Å². The normalized spacial score (nSPS) is 14.7. The van der Waals surface area contributed by atoms with Crippen LogP contribution in [-0.4, -0.2) is 31.3 Å². The number of benzene rings is 2. The Kier molecular flexibility index (Phi) is 5.14. The first-order valence-electron chi connectivity index (χ1n) is 9.07. The molecule has 144 valence electrons. The van der Waals surface area contributed by atoms with Gasteiger partial charge in [0.2, 0.25) is 10.0 Å². The quantitative estimate of drug-likeness (QED) is 0.880. The summed E-state index contributed by atoms with van der Waals surface area (Å²) in [6.07, 6.45) is 0.810. The van der Waals surface area contributed by atoms with E-state index < -0.39 is 15.6 Å². The number of hydrogen-bond donors (Lipinski definition) is 1. The van der Waals surface area contributed by atoms with E-state index in [4.69, 9.17) is 0 Å². The average molecular weight is 387 g/mol. The van der Waals surface area contributed by atoms with E-state index in [2.05, 4.69) is 10.8 Å². The van der Waals surface area contributed by atoms with Gasteiger partial charge in [0, 0.05) is 24.2 Å². The maximum Gasteiger partial charge on any atom is 0.254 e. The van der Waals surface area contributed by atoms with Gasteiger partial charge in [-0.15, -0.1) is 0 Å². The molecular weight excluding hydrogens is 360 g/mol. The van der Waals surface area contributed by atoms with Crippen LogP contribution < -0.4 is 4.72 Å². The molecule has 1 heterocycles. The van der Waals surface area contributed by atoms with Crippen LogP contribution in [0.15, 0.2) is 47.4 Å². The molecule has 0 spiro atoms. The van der Waals surface area contributed by atoms with Crippen molar-refractivity contribution in [2.24, 2.45) is 0 Å². The molecule has 0 fully saturated rings. The zero-order chi connectivity index (χ0) is 19.8. The molecule has 0 atom stereocenters. The molecule has 0 aromatic heterocycles. The van der Waals surface area contributed by atoms with Gasteiger partial charge in [0.1, 0.15) is 0 Å². The number of rotatable bonds is 3. The van der Waals surface area contributed by atoms with Crippen molar-refractivity contribution in [3.8, 4) is 0 Å². The Morgan fingerprint density at radius 1 is 1.07 bits per heavy atom. The predicted octanol–water partition coefficient (Wildman–Crippen LogP) is 3.27. The molecule has 0 radical (unpaired) electrons. The van der Waals surface area contributed by atoms with Crippen LogP contribution >= 0.6 is 0 Å². The zero-order valence-electron chi connectivity index (χ0n) is 16.2. The van der Waals surface area contributed by atoms with Gasteiger partial charge >= 0.3 is 0 Å². The van der Waals surface area contributed by atoms with Gasteiger partial charge in [-0.3, -0.25) is 4.79 Å². The van der Waals surface area contributed by atoms with Crippen LogP contribution in [0.1, 0.15) is 47.8 Å². The molecule has 1 amide bonds. The lowest BCUT2D eigenvalue weighted by molar-refractivity contribution is 0.0733. The maximum absolute atomic E-state index is 13.1. The van der Waals surface area contributed by atoms with E-state index in [-0.39, 0.29) is 10.8 Å². The molecule has 0 unspecified atom stereocenters. The Bertz CT molecular complexity index is 975. The molecule has 0 bridgehead atoms. The van der Waals surface area contributed by atoms with E-state index in [0.717, 1.165) is 17.5 Å². The number of hydrogen-bond acceptors (Lipinski definition) is 3. The van der Waals surface area contributed by atoms with Gasteiger partial charge in [0.15, 0.2) is 0 Å². The molecule has 2 aromatic carbocycles. The summed E-state index contributed by atoms with van der Waals surface area (Å²) in [4.78, 5) is 15.0. The molecule has 1 N–H and O–H groups in total. The van der Waals surface area contributed by atoms with Gasteiger partial charge < -0.3 is 4.90 Å². The third-order valence-electron chi connectivity index (χ3n) is 4.61. The number of carbonyl (C=O) groups excluding carboxylic acids is 1. The van der Waals surface area contributed by atoms with E-state index in [1.54, 1.807) is 37.8 Å². The molecule has 6 heteroatoms. The molecule has 1 aliphatic rings. The average Bonchev–Trinajstić information content (AvgIpc) is 2.59. The van der Waals surface area contributed by atoms with Crippen molar-refractivity contribution in [1.29, 1.82) is 0 Å². The fourth-order valence-corrected chi connectivity index (χ4v) is 4.74. The van der Waals surface area contributed by atoms with Crippen LogP contribution in [0.5, 0.6) is 0 Å². The summed E-state index contributed by atoms with van der Waals surface area (Å²) in [7, 11) is -3.69. The van der Waals surface area contributed by atoms with Crippen LogP contribution in [0.2, 0.25) is 0 Å². The van der Waals surface area contributed by atoms with E-state index in [1.165, 1.54) is 11.6 Å². The Morgan fingerprint density at radius 2 is 1.74 bits per heavy atom. The lowest BCUT2D eigenvalue weighted by Crippen LogP contribution is -2.40. The highest BCUT2D eigenvalue weighted by molar-refractivity contribution is 7.89. The first-order valence-corrected chi connectivity index (χ1v) is 10.6.